The van der Waals surface area contributed by atoms with E-state index in [9.17, 15) is 19.1 Å². The maximum Gasteiger partial charge on any atom is 0.308 e. The Bertz CT molecular complexity index is 955. The van der Waals surface area contributed by atoms with E-state index in [-0.39, 0.29) is 23.7 Å². The van der Waals surface area contributed by atoms with Crippen LogP contribution in [0.2, 0.25) is 0 Å². The van der Waals surface area contributed by atoms with Gasteiger partial charge in [0.05, 0.1) is 30.3 Å². The molecule has 0 saturated carbocycles. The van der Waals surface area contributed by atoms with E-state index in [2.05, 4.69) is 16.8 Å². The number of aromatic nitrogens is 1. The minimum Gasteiger partial charge on any atom is -0.497 e. The molecule has 2 atom stereocenters. The average molecular weight is 463 g/mol. The van der Waals surface area contributed by atoms with Gasteiger partial charge in [0.15, 0.2) is 11.6 Å². The Morgan fingerprint density at radius 3 is 2.88 bits per heavy atom. The Kier molecular flexibility index (Phi) is 8.87. The molecule has 1 saturated heterocycles. The summed E-state index contributed by atoms with van der Waals surface area (Å²) in [6, 6.07) is 5.03. The van der Waals surface area contributed by atoms with Gasteiger partial charge in [-0.3, -0.25) is 14.6 Å². The van der Waals surface area contributed by atoms with Gasteiger partial charge >= 0.3 is 5.97 Å². The molecule has 1 aromatic carbocycles. The van der Waals surface area contributed by atoms with E-state index in [1.165, 1.54) is 7.11 Å². The van der Waals surface area contributed by atoms with E-state index in [0.29, 0.717) is 29.6 Å². The molecule has 1 aliphatic rings. The second-order valence-corrected chi connectivity index (χ2v) is 9.46. The molecule has 6 nitrogen and oxygen atoms in total. The third kappa shape index (κ3) is 5.98. The third-order valence-corrected chi connectivity index (χ3v) is 7.28. The van der Waals surface area contributed by atoms with Gasteiger partial charge in [0.25, 0.3) is 0 Å². The standard InChI is InChI=1S/C24H31FN2O4S/c1-3-11-32-12-10-27-9-8-16(19(15-27)24(29)30)4-7-22(28)23-18-13-17(31-2)5-6-21(18)26-14-20(23)25/h5-6,13-14,16,19H,3-4,7-12,15H2,1-2H3,(H,29,30)/t16-,19+/m0/s1. The summed E-state index contributed by atoms with van der Waals surface area (Å²) in [5.41, 5.74) is 0.527. The average Bonchev–Trinajstić information content (AvgIpc) is 2.80. The molecule has 8 heteroatoms. The summed E-state index contributed by atoms with van der Waals surface area (Å²) < 4.78 is 19.8. The van der Waals surface area contributed by atoms with Crippen LogP contribution in [0.5, 0.6) is 5.75 Å². The van der Waals surface area contributed by atoms with Crippen molar-refractivity contribution < 1.29 is 23.8 Å². The number of ether oxygens (including phenoxy) is 1. The van der Waals surface area contributed by atoms with Crippen LogP contribution >= 0.6 is 11.8 Å². The molecule has 0 aliphatic carbocycles. The van der Waals surface area contributed by atoms with Crippen molar-refractivity contribution in [2.45, 2.75) is 32.6 Å². The summed E-state index contributed by atoms with van der Waals surface area (Å²) in [6.07, 6.45) is 3.47. The molecule has 1 N–H and O–H groups in total. The normalized spacial score (nSPS) is 19.2. The lowest BCUT2D eigenvalue weighted by molar-refractivity contribution is -0.146. The zero-order chi connectivity index (χ0) is 23.1. The Morgan fingerprint density at radius 2 is 2.16 bits per heavy atom. The van der Waals surface area contributed by atoms with E-state index in [4.69, 9.17) is 4.74 Å². The van der Waals surface area contributed by atoms with Crippen molar-refractivity contribution in [3.05, 3.63) is 35.8 Å². The fraction of sp³-hybridized carbons (Fsp3) is 0.542. The highest BCUT2D eigenvalue weighted by molar-refractivity contribution is 7.99. The van der Waals surface area contributed by atoms with Crippen LogP contribution in [0, 0.1) is 17.7 Å². The number of Topliss-reactive ketones (excluding diaryl/α,β-unsaturated/α-hetero) is 1. The fourth-order valence-electron chi connectivity index (χ4n) is 4.34. The summed E-state index contributed by atoms with van der Waals surface area (Å²) in [6.45, 7) is 4.37. The first-order valence-corrected chi connectivity index (χ1v) is 12.3. The number of methoxy groups -OCH3 is 1. The minimum absolute atomic E-state index is 0.00570. The molecular formula is C24H31FN2O4S. The first kappa shape index (κ1) is 24.5. The third-order valence-electron chi connectivity index (χ3n) is 6.11. The number of nitrogens with zero attached hydrogens (tertiary/aromatic N) is 2. The Hall–Kier alpha value is -2.19. The zero-order valence-corrected chi connectivity index (χ0v) is 19.5. The van der Waals surface area contributed by atoms with Crippen LogP contribution in [0.3, 0.4) is 0 Å². The van der Waals surface area contributed by atoms with Crippen molar-refractivity contribution in [1.82, 2.24) is 9.88 Å². The number of carboxylic acid groups (broad SMARTS) is 1. The van der Waals surface area contributed by atoms with Crippen LogP contribution in [0.4, 0.5) is 4.39 Å². The van der Waals surface area contributed by atoms with E-state index in [1.54, 1.807) is 18.2 Å². The molecule has 0 radical (unpaired) electrons. The van der Waals surface area contributed by atoms with Gasteiger partial charge in [0.2, 0.25) is 0 Å². The molecule has 2 aromatic rings. The zero-order valence-electron chi connectivity index (χ0n) is 18.7. The molecule has 0 bridgehead atoms. The van der Waals surface area contributed by atoms with Crippen molar-refractivity contribution in [3.8, 4) is 5.75 Å². The number of pyridine rings is 1. The van der Waals surface area contributed by atoms with Gasteiger partial charge in [-0.05, 0) is 55.7 Å². The van der Waals surface area contributed by atoms with Gasteiger partial charge in [0, 0.05) is 30.6 Å². The quantitative estimate of drug-likeness (QED) is 0.389. The Labute approximate surface area is 192 Å². The maximum absolute atomic E-state index is 14.6. The number of piperidine rings is 1. The largest absolute Gasteiger partial charge is 0.497 e. The predicted octanol–water partition coefficient (Wildman–Crippen LogP) is 4.51. The number of benzene rings is 1. The van der Waals surface area contributed by atoms with Gasteiger partial charge in [-0.1, -0.05) is 6.92 Å². The van der Waals surface area contributed by atoms with Crippen molar-refractivity contribution >= 4 is 34.4 Å². The monoisotopic (exact) mass is 462 g/mol. The van der Waals surface area contributed by atoms with Gasteiger partial charge in [-0.2, -0.15) is 11.8 Å². The summed E-state index contributed by atoms with van der Waals surface area (Å²) in [5.74, 6) is 0.228. The summed E-state index contributed by atoms with van der Waals surface area (Å²) >= 11 is 1.89. The van der Waals surface area contributed by atoms with Crippen LogP contribution < -0.4 is 4.74 Å². The smallest absolute Gasteiger partial charge is 0.308 e. The molecule has 0 amide bonds. The SMILES string of the molecule is CCCSCCN1CC[C@H](CCC(=O)c2c(F)cnc3ccc(OC)cc23)[C@H](C(=O)O)C1. The van der Waals surface area contributed by atoms with Gasteiger partial charge in [-0.15, -0.1) is 0 Å². The molecule has 1 fully saturated rings. The molecule has 0 unspecified atom stereocenters. The first-order valence-electron chi connectivity index (χ1n) is 11.1. The topological polar surface area (TPSA) is 79.7 Å². The molecule has 32 heavy (non-hydrogen) atoms. The lowest BCUT2D eigenvalue weighted by Crippen LogP contribution is -2.44. The van der Waals surface area contributed by atoms with Crippen molar-refractivity contribution in [2.75, 3.05) is 38.2 Å². The fourth-order valence-corrected chi connectivity index (χ4v) is 5.22. The van der Waals surface area contributed by atoms with Gasteiger partial charge < -0.3 is 14.7 Å². The number of likely N-dealkylation sites (tertiary alicyclic amines) is 1. The highest BCUT2D eigenvalue weighted by Crippen LogP contribution is 2.31. The molecule has 3 rings (SSSR count). The van der Waals surface area contributed by atoms with E-state index in [1.807, 2.05) is 11.8 Å². The molecule has 174 valence electrons. The van der Waals surface area contributed by atoms with Crippen molar-refractivity contribution in [2.24, 2.45) is 11.8 Å². The predicted molar refractivity (Wildman–Crippen MR) is 125 cm³/mol. The second-order valence-electron chi connectivity index (χ2n) is 8.23. The number of thioether (sulfide) groups is 1. The minimum atomic E-state index is -0.821. The van der Waals surface area contributed by atoms with Gasteiger partial charge in [0.1, 0.15) is 5.75 Å². The number of carbonyl (C=O) groups is 2. The molecular weight excluding hydrogens is 431 g/mol. The molecule has 1 aromatic heterocycles. The van der Waals surface area contributed by atoms with Crippen LogP contribution in [0.25, 0.3) is 10.9 Å². The highest BCUT2D eigenvalue weighted by Gasteiger charge is 2.34. The number of rotatable bonds is 11. The molecule has 2 heterocycles. The highest BCUT2D eigenvalue weighted by atomic mass is 32.2. The van der Waals surface area contributed by atoms with Gasteiger partial charge in [-0.25, -0.2) is 4.39 Å². The van der Waals surface area contributed by atoms with Crippen LogP contribution in [0.15, 0.2) is 24.4 Å². The van der Waals surface area contributed by atoms with E-state index < -0.39 is 17.7 Å². The van der Waals surface area contributed by atoms with Crippen LogP contribution in [-0.2, 0) is 4.79 Å². The number of aliphatic carboxylic acids is 1. The number of carboxylic acids is 1. The summed E-state index contributed by atoms with van der Waals surface area (Å²) in [5, 5.41) is 10.2. The number of hydrogen-bond acceptors (Lipinski definition) is 6. The molecule has 0 spiro atoms. The number of carbonyl (C=O) groups excluding carboxylic acids is 1. The van der Waals surface area contributed by atoms with Crippen molar-refractivity contribution in [1.29, 1.82) is 0 Å². The summed E-state index contributed by atoms with van der Waals surface area (Å²) in [7, 11) is 1.51. The lowest BCUT2D eigenvalue weighted by atomic mass is 9.81. The van der Waals surface area contributed by atoms with Crippen LogP contribution in [0.1, 0.15) is 43.0 Å². The number of fused-ring (bicyclic) bond motifs is 1. The maximum atomic E-state index is 14.6. The second kappa shape index (κ2) is 11.6. The Morgan fingerprint density at radius 1 is 1.34 bits per heavy atom. The number of halogens is 1. The summed E-state index contributed by atoms with van der Waals surface area (Å²) in [4.78, 5) is 31.2. The number of hydrogen-bond donors (Lipinski definition) is 1. The lowest BCUT2D eigenvalue weighted by Gasteiger charge is -2.36. The van der Waals surface area contributed by atoms with Crippen molar-refractivity contribution in [3.63, 3.8) is 0 Å². The Balaban J connectivity index is 1.66. The van der Waals surface area contributed by atoms with E-state index in [0.717, 1.165) is 43.6 Å². The molecule has 1 aliphatic heterocycles. The van der Waals surface area contributed by atoms with Crippen LogP contribution in [-0.4, -0.2) is 65.0 Å². The van der Waals surface area contributed by atoms with E-state index >= 15 is 0 Å². The first-order chi connectivity index (χ1) is 15.4. The number of ketones is 1.